The second-order valence-corrected chi connectivity index (χ2v) is 6.22. The predicted molar refractivity (Wildman–Crippen MR) is 81.4 cm³/mol. The van der Waals surface area contributed by atoms with E-state index in [-0.39, 0.29) is 19.0 Å². The van der Waals surface area contributed by atoms with Crippen LogP contribution < -0.4 is 0 Å². The van der Waals surface area contributed by atoms with E-state index in [1.165, 1.54) is 4.90 Å². The number of ether oxygens (including phenoxy) is 1. The summed E-state index contributed by atoms with van der Waals surface area (Å²) in [6, 6.07) is 7.24. The van der Waals surface area contributed by atoms with Crippen LogP contribution in [0.5, 0.6) is 0 Å². The van der Waals surface area contributed by atoms with E-state index in [1.54, 1.807) is 0 Å². The monoisotopic (exact) mass is 391 g/mol. The zero-order chi connectivity index (χ0) is 17.0. The van der Waals surface area contributed by atoms with Gasteiger partial charge in [-0.2, -0.15) is 0 Å². The molecule has 1 aromatic carbocycles. The number of hydrogen-bond acceptors (Lipinski definition) is 3. The summed E-state index contributed by atoms with van der Waals surface area (Å²) in [5.74, 6) is -2.52. The Labute approximate surface area is 140 Å². The molecule has 0 spiro atoms. The van der Waals surface area contributed by atoms with Crippen LogP contribution in [-0.4, -0.2) is 54.6 Å². The fourth-order valence-corrected chi connectivity index (χ4v) is 2.90. The van der Waals surface area contributed by atoms with Crippen LogP contribution in [0.15, 0.2) is 28.7 Å². The molecule has 0 bridgehead atoms. The number of benzene rings is 1. The molecule has 1 aliphatic rings. The van der Waals surface area contributed by atoms with Gasteiger partial charge < -0.3 is 14.7 Å². The SMILES string of the molecule is O=C(O)[C@@H]1CN(C(=O)COCC(F)F)C[C@H]1c1ccc(Br)cc1. The van der Waals surface area contributed by atoms with Crippen molar-refractivity contribution in [3.63, 3.8) is 0 Å². The molecule has 1 heterocycles. The third-order valence-electron chi connectivity index (χ3n) is 3.76. The zero-order valence-corrected chi connectivity index (χ0v) is 13.7. The number of hydrogen-bond donors (Lipinski definition) is 1. The largest absolute Gasteiger partial charge is 0.481 e. The number of alkyl halides is 2. The summed E-state index contributed by atoms with van der Waals surface area (Å²) >= 11 is 3.31. The minimum absolute atomic E-state index is 0.0485. The van der Waals surface area contributed by atoms with E-state index in [4.69, 9.17) is 0 Å². The molecule has 0 saturated carbocycles. The standard InChI is InChI=1S/C15H16BrF2NO4/c16-10-3-1-9(2-4-10)11-5-19(6-12(11)15(21)22)14(20)8-23-7-13(17)18/h1-4,11-13H,5-8H2,(H,21,22)/t11-,12+/m0/s1. The van der Waals surface area contributed by atoms with Crippen molar-refractivity contribution in [1.29, 1.82) is 0 Å². The smallest absolute Gasteiger partial charge is 0.308 e. The number of carbonyl (C=O) groups is 2. The first kappa shape index (κ1) is 17.8. The van der Waals surface area contributed by atoms with Gasteiger partial charge in [0.05, 0.1) is 5.92 Å². The number of likely N-dealkylation sites (tertiary alicyclic amines) is 1. The van der Waals surface area contributed by atoms with Crippen molar-refractivity contribution in [2.75, 3.05) is 26.3 Å². The Morgan fingerprint density at radius 3 is 2.52 bits per heavy atom. The number of rotatable bonds is 6. The van der Waals surface area contributed by atoms with Crippen LogP contribution >= 0.6 is 15.9 Å². The summed E-state index contributed by atoms with van der Waals surface area (Å²) in [7, 11) is 0. The molecule has 1 aliphatic heterocycles. The number of halogens is 3. The van der Waals surface area contributed by atoms with Gasteiger partial charge in [0, 0.05) is 23.5 Å². The average molecular weight is 392 g/mol. The molecule has 0 unspecified atom stereocenters. The molecule has 0 aromatic heterocycles. The van der Waals surface area contributed by atoms with Crippen molar-refractivity contribution in [3.8, 4) is 0 Å². The lowest BCUT2D eigenvalue weighted by Gasteiger charge is -2.16. The first-order valence-electron chi connectivity index (χ1n) is 7.00. The van der Waals surface area contributed by atoms with Gasteiger partial charge in [-0.1, -0.05) is 28.1 Å². The molecule has 2 atom stereocenters. The lowest BCUT2D eigenvalue weighted by atomic mass is 9.89. The zero-order valence-electron chi connectivity index (χ0n) is 12.1. The first-order valence-corrected chi connectivity index (χ1v) is 7.79. The highest BCUT2D eigenvalue weighted by atomic mass is 79.9. The molecule has 126 valence electrons. The number of carbonyl (C=O) groups excluding carboxylic acids is 1. The fourth-order valence-electron chi connectivity index (χ4n) is 2.63. The molecule has 1 amide bonds. The van der Waals surface area contributed by atoms with Crippen LogP contribution in [0, 0.1) is 5.92 Å². The van der Waals surface area contributed by atoms with Gasteiger partial charge in [-0.3, -0.25) is 9.59 Å². The lowest BCUT2D eigenvalue weighted by molar-refractivity contribution is -0.142. The molecule has 1 N–H and O–H groups in total. The summed E-state index contributed by atoms with van der Waals surface area (Å²) in [6.45, 7) is -0.996. The summed E-state index contributed by atoms with van der Waals surface area (Å²) in [6.07, 6.45) is -2.64. The summed E-state index contributed by atoms with van der Waals surface area (Å²) in [5, 5.41) is 9.37. The second kappa shape index (κ2) is 7.83. The van der Waals surface area contributed by atoms with Gasteiger partial charge >= 0.3 is 5.97 Å². The van der Waals surface area contributed by atoms with Gasteiger partial charge in [0.25, 0.3) is 6.43 Å². The molecule has 0 aliphatic carbocycles. The Bertz CT molecular complexity index is 567. The Morgan fingerprint density at radius 2 is 1.96 bits per heavy atom. The molecule has 1 aromatic rings. The van der Waals surface area contributed by atoms with Crippen molar-refractivity contribution in [1.82, 2.24) is 4.90 Å². The van der Waals surface area contributed by atoms with Gasteiger partial charge in [0.2, 0.25) is 5.91 Å². The third kappa shape index (κ3) is 4.71. The van der Waals surface area contributed by atoms with E-state index in [0.717, 1.165) is 10.0 Å². The normalized spacial score (nSPS) is 21.0. The summed E-state index contributed by atoms with van der Waals surface area (Å²) in [5.41, 5.74) is 0.824. The first-order chi connectivity index (χ1) is 10.9. The number of carboxylic acid groups (broad SMARTS) is 1. The van der Waals surface area contributed by atoms with E-state index in [9.17, 15) is 23.5 Å². The minimum atomic E-state index is -2.64. The highest BCUT2D eigenvalue weighted by molar-refractivity contribution is 9.10. The van der Waals surface area contributed by atoms with Crippen molar-refractivity contribution >= 4 is 27.8 Å². The van der Waals surface area contributed by atoms with Crippen LogP contribution in [0.4, 0.5) is 8.78 Å². The Kier molecular flexibility index (Phi) is 6.06. The van der Waals surface area contributed by atoms with Crippen molar-refractivity contribution in [2.45, 2.75) is 12.3 Å². The van der Waals surface area contributed by atoms with Gasteiger partial charge in [-0.05, 0) is 17.7 Å². The maximum Gasteiger partial charge on any atom is 0.308 e. The van der Waals surface area contributed by atoms with Gasteiger partial charge in [0.15, 0.2) is 0 Å². The van der Waals surface area contributed by atoms with E-state index in [0.29, 0.717) is 0 Å². The molecule has 0 radical (unpaired) electrons. The molecule has 23 heavy (non-hydrogen) atoms. The maximum atomic E-state index is 12.0. The van der Waals surface area contributed by atoms with E-state index < -0.39 is 37.4 Å². The van der Waals surface area contributed by atoms with Crippen LogP contribution in [0.1, 0.15) is 11.5 Å². The molecule has 1 saturated heterocycles. The van der Waals surface area contributed by atoms with Gasteiger partial charge in [-0.25, -0.2) is 8.78 Å². The van der Waals surface area contributed by atoms with Crippen molar-refractivity contribution in [3.05, 3.63) is 34.3 Å². The van der Waals surface area contributed by atoms with Crippen molar-refractivity contribution < 1.29 is 28.2 Å². The number of aliphatic carboxylic acids is 1. The van der Waals surface area contributed by atoms with E-state index in [2.05, 4.69) is 20.7 Å². The van der Waals surface area contributed by atoms with Crippen LogP contribution in [-0.2, 0) is 14.3 Å². The summed E-state index contributed by atoms with van der Waals surface area (Å²) in [4.78, 5) is 24.8. The number of amides is 1. The second-order valence-electron chi connectivity index (χ2n) is 5.31. The average Bonchev–Trinajstić information content (AvgIpc) is 2.93. The molecule has 8 heteroatoms. The summed E-state index contributed by atoms with van der Waals surface area (Å²) < 4.78 is 29.5. The van der Waals surface area contributed by atoms with Crippen molar-refractivity contribution in [2.24, 2.45) is 5.92 Å². The van der Waals surface area contributed by atoms with E-state index in [1.807, 2.05) is 24.3 Å². The van der Waals surface area contributed by atoms with Gasteiger partial charge in [0.1, 0.15) is 13.2 Å². The maximum absolute atomic E-state index is 12.0. The number of nitrogens with zero attached hydrogens (tertiary/aromatic N) is 1. The Balaban J connectivity index is 2.04. The highest BCUT2D eigenvalue weighted by Gasteiger charge is 2.40. The highest BCUT2D eigenvalue weighted by Crippen LogP contribution is 2.33. The van der Waals surface area contributed by atoms with Crippen LogP contribution in [0.2, 0.25) is 0 Å². The number of carboxylic acids is 1. The third-order valence-corrected chi connectivity index (χ3v) is 4.29. The Hall–Kier alpha value is -1.54. The minimum Gasteiger partial charge on any atom is -0.481 e. The molecule has 1 fully saturated rings. The molecular weight excluding hydrogens is 376 g/mol. The quantitative estimate of drug-likeness (QED) is 0.808. The predicted octanol–water partition coefficient (Wildman–Crippen LogP) is 2.36. The Morgan fingerprint density at radius 1 is 1.30 bits per heavy atom. The molecule has 2 rings (SSSR count). The molecule has 5 nitrogen and oxygen atoms in total. The lowest BCUT2D eigenvalue weighted by Crippen LogP contribution is -2.33. The van der Waals surface area contributed by atoms with Crippen LogP contribution in [0.3, 0.4) is 0 Å². The molecular formula is C15H16BrF2NO4. The van der Waals surface area contributed by atoms with E-state index >= 15 is 0 Å². The van der Waals surface area contributed by atoms with Gasteiger partial charge in [-0.15, -0.1) is 0 Å². The fraction of sp³-hybridized carbons (Fsp3) is 0.467. The van der Waals surface area contributed by atoms with Crippen LogP contribution in [0.25, 0.3) is 0 Å². The topological polar surface area (TPSA) is 66.8 Å².